The highest BCUT2D eigenvalue weighted by Crippen LogP contribution is 2.27. The van der Waals surface area contributed by atoms with Gasteiger partial charge in [-0.05, 0) is 57.5 Å². The van der Waals surface area contributed by atoms with Crippen molar-refractivity contribution >= 4 is 0 Å². The number of rotatable bonds is 6. The molecule has 0 radical (unpaired) electrons. The molecule has 1 unspecified atom stereocenters. The zero-order valence-electron chi connectivity index (χ0n) is 9.19. The van der Waals surface area contributed by atoms with E-state index in [2.05, 4.69) is 12.2 Å². The van der Waals surface area contributed by atoms with Crippen LogP contribution in [0.15, 0.2) is 11.9 Å². The molecule has 1 aliphatic rings. The van der Waals surface area contributed by atoms with Gasteiger partial charge in [-0.15, -0.1) is 0 Å². The molecule has 0 aromatic carbocycles. The standard InChI is InChI=1S/C12H22FN/c1-2-9-14-10-3-4-11-5-7-12(13)8-6-11/h7,11,14H,2-6,8-10H2,1H3. The molecular weight excluding hydrogens is 177 g/mol. The van der Waals surface area contributed by atoms with E-state index < -0.39 is 0 Å². The molecule has 1 nitrogen and oxygen atoms in total. The minimum atomic E-state index is 0.102. The topological polar surface area (TPSA) is 12.0 Å². The molecule has 1 atom stereocenters. The second-order valence-corrected chi connectivity index (χ2v) is 4.18. The van der Waals surface area contributed by atoms with Crippen molar-refractivity contribution in [1.82, 2.24) is 5.32 Å². The zero-order valence-corrected chi connectivity index (χ0v) is 9.19. The second-order valence-electron chi connectivity index (χ2n) is 4.18. The van der Waals surface area contributed by atoms with E-state index >= 15 is 0 Å². The predicted octanol–water partition coefficient (Wildman–Crippen LogP) is 3.42. The van der Waals surface area contributed by atoms with Crippen LogP contribution in [-0.4, -0.2) is 13.1 Å². The lowest BCUT2D eigenvalue weighted by molar-refractivity contribution is 0.389. The van der Waals surface area contributed by atoms with Gasteiger partial charge in [0.05, 0.1) is 5.83 Å². The van der Waals surface area contributed by atoms with Crippen LogP contribution in [0.1, 0.15) is 45.4 Å². The average molecular weight is 199 g/mol. The van der Waals surface area contributed by atoms with Crippen LogP contribution >= 0.6 is 0 Å². The van der Waals surface area contributed by atoms with Gasteiger partial charge >= 0.3 is 0 Å². The van der Waals surface area contributed by atoms with E-state index in [4.69, 9.17) is 0 Å². The van der Waals surface area contributed by atoms with E-state index in [-0.39, 0.29) is 5.83 Å². The Bertz CT molecular complexity index is 177. The maximum atomic E-state index is 12.7. The maximum Gasteiger partial charge on any atom is 0.0960 e. The summed E-state index contributed by atoms with van der Waals surface area (Å²) >= 11 is 0. The van der Waals surface area contributed by atoms with E-state index in [0.717, 1.165) is 31.8 Å². The summed E-state index contributed by atoms with van der Waals surface area (Å²) in [7, 11) is 0. The number of nitrogens with one attached hydrogen (secondary N) is 1. The molecule has 0 amide bonds. The third kappa shape index (κ3) is 4.75. The van der Waals surface area contributed by atoms with Gasteiger partial charge in [-0.3, -0.25) is 0 Å². The van der Waals surface area contributed by atoms with E-state index in [9.17, 15) is 4.39 Å². The molecule has 14 heavy (non-hydrogen) atoms. The third-order valence-corrected chi connectivity index (χ3v) is 2.86. The summed E-state index contributed by atoms with van der Waals surface area (Å²) < 4.78 is 12.7. The summed E-state index contributed by atoms with van der Waals surface area (Å²) in [6.45, 7) is 4.43. The number of allylic oxidation sites excluding steroid dienone is 2. The van der Waals surface area contributed by atoms with Gasteiger partial charge in [0.25, 0.3) is 0 Å². The van der Waals surface area contributed by atoms with Gasteiger partial charge in [-0.25, -0.2) is 4.39 Å². The van der Waals surface area contributed by atoms with E-state index in [1.54, 1.807) is 6.08 Å². The van der Waals surface area contributed by atoms with Crippen LogP contribution in [0, 0.1) is 5.92 Å². The Morgan fingerprint density at radius 2 is 2.36 bits per heavy atom. The van der Waals surface area contributed by atoms with Crippen molar-refractivity contribution in [1.29, 1.82) is 0 Å². The monoisotopic (exact) mass is 199 g/mol. The normalized spacial score (nSPS) is 22.1. The smallest absolute Gasteiger partial charge is 0.0960 e. The lowest BCUT2D eigenvalue weighted by Crippen LogP contribution is -2.17. The first kappa shape index (κ1) is 11.7. The molecule has 0 fully saturated rings. The van der Waals surface area contributed by atoms with Crippen LogP contribution in [0.25, 0.3) is 0 Å². The SMILES string of the molecule is CCCNCCCC1CC=C(F)CC1. The fourth-order valence-corrected chi connectivity index (χ4v) is 1.94. The number of hydrogen-bond acceptors (Lipinski definition) is 1. The van der Waals surface area contributed by atoms with Crippen molar-refractivity contribution in [2.45, 2.75) is 45.4 Å². The highest BCUT2D eigenvalue weighted by Gasteiger charge is 2.13. The summed E-state index contributed by atoms with van der Waals surface area (Å²) in [6.07, 6.45) is 8.15. The van der Waals surface area contributed by atoms with Gasteiger partial charge in [0.2, 0.25) is 0 Å². The molecule has 0 bridgehead atoms. The average Bonchev–Trinajstić information content (AvgIpc) is 2.21. The van der Waals surface area contributed by atoms with E-state index in [1.165, 1.54) is 19.3 Å². The lowest BCUT2D eigenvalue weighted by Gasteiger charge is -2.18. The molecule has 82 valence electrons. The predicted molar refractivity (Wildman–Crippen MR) is 58.9 cm³/mol. The largest absolute Gasteiger partial charge is 0.317 e. The second kappa shape index (κ2) is 6.99. The summed E-state index contributed by atoms with van der Waals surface area (Å²) in [5.41, 5.74) is 0. The minimum absolute atomic E-state index is 0.102. The Labute approximate surface area is 86.8 Å². The summed E-state index contributed by atoms with van der Waals surface area (Å²) in [5.74, 6) is 0.836. The first-order chi connectivity index (χ1) is 6.83. The molecule has 0 aliphatic heterocycles. The van der Waals surface area contributed by atoms with Crippen LogP contribution in [-0.2, 0) is 0 Å². The Kier molecular flexibility index (Phi) is 5.85. The van der Waals surface area contributed by atoms with Crippen LogP contribution in [0.4, 0.5) is 4.39 Å². The molecule has 0 aromatic rings. The third-order valence-electron chi connectivity index (χ3n) is 2.86. The van der Waals surface area contributed by atoms with Gasteiger partial charge in [0.1, 0.15) is 0 Å². The molecule has 0 spiro atoms. The zero-order chi connectivity index (χ0) is 10.2. The highest BCUT2D eigenvalue weighted by atomic mass is 19.1. The first-order valence-corrected chi connectivity index (χ1v) is 5.88. The molecule has 2 heteroatoms. The van der Waals surface area contributed by atoms with Gasteiger partial charge in [-0.2, -0.15) is 0 Å². The highest BCUT2D eigenvalue weighted by molar-refractivity contribution is 4.97. The Balaban J connectivity index is 1.97. The quantitative estimate of drug-likeness (QED) is 0.646. The van der Waals surface area contributed by atoms with Crippen molar-refractivity contribution < 1.29 is 4.39 Å². The minimum Gasteiger partial charge on any atom is -0.317 e. The van der Waals surface area contributed by atoms with Crippen molar-refractivity contribution in [3.8, 4) is 0 Å². The van der Waals surface area contributed by atoms with E-state index in [0.29, 0.717) is 6.42 Å². The van der Waals surface area contributed by atoms with Crippen LogP contribution in [0.2, 0.25) is 0 Å². The number of hydrogen-bond donors (Lipinski definition) is 1. The van der Waals surface area contributed by atoms with E-state index in [1.807, 2.05) is 0 Å². The molecular formula is C12H22FN. The fraction of sp³-hybridized carbons (Fsp3) is 0.833. The van der Waals surface area contributed by atoms with Crippen molar-refractivity contribution in [3.05, 3.63) is 11.9 Å². The van der Waals surface area contributed by atoms with Gasteiger partial charge in [-0.1, -0.05) is 13.0 Å². The maximum absolute atomic E-state index is 12.7. The fourth-order valence-electron chi connectivity index (χ4n) is 1.94. The summed E-state index contributed by atoms with van der Waals surface area (Å²) in [4.78, 5) is 0. The van der Waals surface area contributed by atoms with Crippen molar-refractivity contribution in [3.63, 3.8) is 0 Å². The molecule has 1 rings (SSSR count). The summed E-state index contributed by atoms with van der Waals surface area (Å²) in [5, 5.41) is 3.39. The molecule has 0 aromatic heterocycles. The molecule has 1 N–H and O–H groups in total. The molecule has 0 saturated heterocycles. The van der Waals surface area contributed by atoms with Crippen LogP contribution < -0.4 is 5.32 Å². The van der Waals surface area contributed by atoms with Gasteiger partial charge in [0, 0.05) is 0 Å². The lowest BCUT2D eigenvalue weighted by atomic mass is 9.90. The molecule has 1 aliphatic carbocycles. The summed E-state index contributed by atoms with van der Waals surface area (Å²) in [6, 6.07) is 0. The first-order valence-electron chi connectivity index (χ1n) is 5.88. The van der Waals surface area contributed by atoms with Crippen LogP contribution in [0.3, 0.4) is 0 Å². The molecule has 0 heterocycles. The van der Waals surface area contributed by atoms with Gasteiger partial charge in [0.15, 0.2) is 0 Å². The van der Waals surface area contributed by atoms with Gasteiger partial charge < -0.3 is 5.32 Å². The van der Waals surface area contributed by atoms with Crippen LogP contribution in [0.5, 0.6) is 0 Å². The Morgan fingerprint density at radius 3 is 3.00 bits per heavy atom. The van der Waals surface area contributed by atoms with Crippen molar-refractivity contribution in [2.24, 2.45) is 5.92 Å². The number of halogens is 1. The Hall–Kier alpha value is -0.370. The van der Waals surface area contributed by atoms with Crippen molar-refractivity contribution in [2.75, 3.05) is 13.1 Å². The Morgan fingerprint density at radius 1 is 1.50 bits per heavy atom. The molecule has 0 saturated carbocycles.